The quantitative estimate of drug-likeness (QED) is 0.853. The van der Waals surface area contributed by atoms with Gasteiger partial charge in [-0.15, -0.1) is 0 Å². The van der Waals surface area contributed by atoms with Crippen molar-refractivity contribution in [1.29, 1.82) is 0 Å². The monoisotopic (exact) mass is 274 g/mol. The zero-order valence-corrected chi connectivity index (χ0v) is 12.0. The number of hydrogen-bond acceptors (Lipinski definition) is 3. The van der Waals surface area contributed by atoms with Crippen molar-refractivity contribution >= 4 is 5.91 Å². The topological polar surface area (TPSA) is 43.8 Å². The van der Waals surface area contributed by atoms with Crippen molar-refractivity contribution in [2.45, 2.75) is 38.3 Å². The molecule has 20 heavy (non-hydrogen) atoms. The Morgan fingerprint density at radius 1 is 1.30 bits per heavy atom. The van der Waals surface area contributed by atoms with E-state index in [0.29, 0.717) is 11.6 Å². The minimum Gasteiger partial charge on any atom is -0.508 e. The van der Waals surface area contributed by atoms with Gasteiger partial charge in [-0.3, -0.25) is 9.69 Å². The lowest BCUT2D eigenvalue weighted by atomic mass is 9.96. The van der Waals surface area contributed by atoms with Crippen LogP contribution in [0.25, 0.3) is 0 Å². The highest BCUT2D eigenvalue weighted by atomic mass is 16.3. The fourth-order valence-corrected chi connectivity index (χ4v) is 3.44. The van der Waals surface area contributed by atoms with Gasteiger partial charge < -0.3 is 10.0 Å². The van der Waals surface area contributed by atoms with E-state index in [0.717, 1.165) is 13.1 Å². The molecule has 4 heteroatoms. The van der Waals surface area contributed by atoms with Gasteiger partial charge in [0, 0.05) is 30.7 Å². The van der Waals surface area contributed by atoms with E-state index in [1.165, 1.54) is 25.8 Å². The molecule has 0 radical (unpaired) electrons. The van der Waals surface area contributed by atoms with Crippen LogP contribution in [0.5, 0.6) is 5.75 Å². The predicted molar refractivity (Wildman–Crippen MR) is 77.8 cm³/mol. The van der Waals surface area contributed by atoms with Gasteiger partial charge in [-0.25, -0.2) is 0 Å². The highest BCUT2D eigenvalue weighted by molar-refractivity contribution is 5.94. The van der Waals surface area contributed by atoms with Crippen LogP contribution in [0.2, 0.25) is 0 Å². The Hall–Kier alpha value is -1.55. The Labute approximate surface area is 120 Å². The number of nitrogens with zero attached hydrogens (tertiary/aromatic N) is 2. The minimum absolute atomic E-state index is 0.0404. The highest BCUT2D eigenvalue weighted by Gasteiger charge is 2.35. The lowest BCUT2D eigenvalue weighted by molar-refractivity contribution is 0.0151. The number of amides is 1. The summed E-state index contributed by atoms with van der Waals surface area (Å²) in [5.41, 5.74) is 0.584. The van der Waals surface area contributed by atoms with E-state index in [1.54, 1.807) is 24.3 Å². The molecule has 2 atom stereocenters. The largest absolute Gasteiger partial charge is 0.508 e. The molecule has 2 aliphatic rings. The van der Waals surface area contributed by atoms with Gasteiger partial charge in [-0.2, -0.15) is 0 Å². The van der Waals surface area contributed by atoms with Crippen LogP contribution in [0.1, 0.15) is 36.5 Å². The van der Waals surface area contributed by atoms with E-state index < -0.39 is 0 Å². The standard InChI is InChI=1S/C16H22N2O2/c1-12-10-17-8-3-2-6-14(17)11-18(12)16(20)13-5-4-7-15(19)9-13/h4-5,7,9,12,14,19H,2-3,6,8,10-11H2,1H3. The molecule has 2 saturated heterocycles. The van der Waals surface area contributed by atoms with Crippen LogP contribution < -0.4 is 0 Å². The van der Waals surface area contributed by atoms with Crippen LogP contribution in [0.4, 0.5) is 0 Å². The summed E-state index contributed by atoms with van der Waals surface area (Å²) >= 11 is 0. The van der Waals surface area contributed by atoms with E-state index in [-0.39, 0.29) is 17.7 Å². The van der Waals surface area contributed by atoms with Crippen molar-refractivity contribution < 1.29 is 9.90 Å². The van der Waals surface area contributed by atoms with Gasteiger partial charge >= 0.3 is 0 Å². The molecule has 1 N–H and O–H groups in total. The van der Waals surface area contributed by atoms with E-state index in [1.807, 2.05) is 4.90 Å². The van der Waals surface area contributed by atoms with Crippen molar-refractivity contribution in [3.05, 3.63) is 29.8 Å². The Bertz CT molecular complexity index is 503. The third kappa shape index (κ3) is 2.52. The van der Waals surface area contributed by atoms with Crippen molar-refractivity contribution in [2.24, 2.45) is 0 Å². The molecule has 2 aliphatic heterocycles. The molecule has 0 spiro atoms. The second-order valence-corrected chi connectivity index (χ2v) is 6.00. The molecule has 4 nitrogen and oxygen atoms in total. The number of phenolic OH excluding ortho intramolecular Hbond substituents is 1. The number of carbonyl (C=O) groups is 1. The van der Waals surface area contributed by atoms with Crippen molar-refractivity contribution in [2.75, 3.05) is 19.6 Å². The average Bonchev–Trinajstić information content (AvgIpc) is 2.46. The maximum absolute atomic E-state index is 12.6. The van der Waals surface area contributed by atoms with Gasteiger partial charge in [0.15, 0.2) is 0 Å². The fourth-order valence-electron chi connectivity index (χ4n) is 3.44. The maximum Gasteiger partial charge on any atom is 0.254 e. The van der Waals surface area contributed by atoms with Crippen molar-refractivity contribution in [3.63, 3.8) is 0 Å². The second-order valence-electron chi connectivity index (χ2n) is 6.00. The van der Waals surface area contributed by atoms with Gasteiger partial charge in [0.1, 0.15) is 5.75 Å². The van der Waals surface area contributed by atoms with Crippen LogP contribution in [-0.2, 0) is 0 Å². The average molecular weight is 274 g/mol. The van der Waals surface area contributed by atoms with Gasteiger partial charge in [0.05, 0.1) is 0 Å². The number of piperidine rings is 1. The third-order valence-corrected chi connectivity index (χ3v) is 4.54. The molecule has 1 aromatic rings. The molecule has 0 aromatic heterocycles. The molecule has 108 valence electrons. The number of benzene rings is 1. The van der Waals surface area contributed by atoms with Crippen LogP contribution in [0, 0.1) is 0 Å². The lowest BCUT2D eigenvalue weighted by Gasteiger charge is -2.47. The molecule has 0 bridgehead atoms. The molecule has 1 amide bonds. The van der Waals surface area contributed by atoms with Crippen LogP contribution in [0.3, 0.4) is 0 Å². The number of carbonyl (C=O) groups excluding carboxylic acids is 1. The minimum atomic E-state index is 0.0404. The molecule has 0 aliphatic carbocycles. The summed E-state index contributed by atoms with van der Waals surface area (Å²) in [4.78, 5) is 17.1. The number of piperazine rings is 1. The second kappa shape index (κ2) is 5.44. The Morgan fingerprint density at radius 3 is 2.95 bits per heavy atom. The first-order valence-electron chi connectivity index (χ1n) is 7.49. The van der Waals surface area contributed by atoms with Gasteiger partial charge in [-0.1, -0.05) is 12.5 Å². The Kier molecular flexibility index (Phi) is 3.66. The SMILES string of the molecule is CC1CN2CCCCC2CN1C(=O)c1cccc(O)c1. The first-order valence-corrected chi connectivity index (χ1v) is 7.49. The zero-order valence-electron chi connectivity index (χ0n) is 12.0. The maximum atomic E-state index is 12.6. The number of rotatable bonds is 1. The van der Waals surface area contributed by atoms with Crippen LogP contribution >= 0.6 is 0 Å². The summed E-state index contributed by atoms with van der Waals surface area (Å²) in [6.45, 7) is 5.07. The van der Waals surface area contributed by atoms with E-state index in [9.17, 15) is 9.90 Å². The molecular weight excluding hydrogens is 252 g/mol. The molecule has 2 unspecified atom stereocenters. The zero-order chi connectivity index (χ0) is 14.1. The van der Waals surface area contributed by atoms with E-state index in [2.05, 4.69) is 11.8 Å². The first kappa shape index (κ1) is 13.4. The summed E-state index contributed by atoms with van der Waals surface area (Å²) in [7, 11) is 0. The summed E-state index contributed by atoms with van der Waals surface area (Å²) in [5.74, 6) is 0.193. The molecule has 2 fully saturated rings. The first-order chi connectivity index (χ1) is 9.65. The summed E-state index contributed by atoms with van der Waals surface area (Å²) in [5, 5.41) is 9.53. The highest BCUT2D eigenvalue weighted by Crippen LogP contribution is 2.25. The van der Waals surface area contributed by atoms with Crippen LogP contribution in [0.15, 0.2) is 24.3 Å². The fraction of sp³-hybridized carbons (Fsp3) is 0.562. The Balaban J connectivity index is 1.77. The molecule has 1 aromatic carbocycles. The molecule has 0 saturated carbocycles. The third-order valence-electron chi connectivity index (χ3n) is 4.54. The molecular formula is C16H22N2O2. The summed E-state index contributed by atoms with van der Waals surface area (Å²) in [6.07, 6.45) is 3.74. The van der Waals surface area contributed by atoms with Crippen molar-refractivity contribution in [3.8, 4) is 5.75 Å². The predicted octanol–water partition coefficient (Wildman–Crippen LogP) is 2.09. The smallest absolute Gasteiger partial charge is 0.254 e. The Morgan fingerprint density at radius 2 is 2.15 bits per heavy atom. The van der Waals surface area contributed by atoms with Gasteiger partial charge in [0.2, 0.25) is 0 Å². The lowest BCUT2D eigenvalue weighted by Crippen LogP contribution is -2.60. The van der Waals surface area contributed by atoms with E-state index in [4.69, 9.17) is 0 Å². The number of hydrogen-bond donors (Lipinski definition) is 1. The number of aromatic hydroxyl groups is 1. The summed E-state index contributed by atoms with van der Waals surface area (Å²) in [6, 6.07) is 7.41. The van der Waals surface area contributed by atoms with Gasteiger partial charge in [-0.05, 0) is 44.5 Å². The number of fused-ring (bicyclic) bond motifs is 1. The molecule has 3 rings (SSSR count). The van der Waals surface area contributed by atoms with Gasteiger partial charge in [0.25, 0.3) is 5.91 Å². The molecule has 2 heterocycles. The number of phenols is 1. The van der Waals surface area contributed by atoms with E-state index >= 15 is 0 Å². The summed E-state index contributed by atoms with van der Waals surface area (Å²) < 4.78 is 0. The van der Waals surface area contributed by atoms with Crippen molar-refractivity contribution in [1.82, 2.24) is 9.80 Å². The normalized spacial score (nSPS) is 27.1. The van der Waals surface area contributed by atoms with Crippen LogP contribution in [-0.4, -0.2) is 52.5 Å².